The molecule has 0 saturated carbocycles. The van der Waals surface area contributed by atoms with E-state index in [1.54, 1.807) is 6.07 Å². The minimum absolute atomic E-state index is 0.0365. The monoisotopic (exact) mass is 333 g/mol. The summed E-state index contributed by atoms with van der Waals surface area (Å²) >= 11 is 7.38. The van der Waals surface area contributed by atoms with Crippen LogP contribution in [0, 0.1) is 10.1 Å². The summed E-state index contributed by atoms with van der Waals surface area (Å²) in [5, 5.41) is 10.7. The normalized spacial score (nSPS) is 10.3. The van der Waals surface area contributed by atoms with Crippen LogP contribution in [-0.2, 0) is 0 Å². The molecule has 0 aliphatic carbocycles. The predicted molar refractivity (Wildman–Crippen MR) is 78.6 cm³/mol. The first-order valence-electron chi connectivity index (χ1n) is 5.82. The number of unbranched alkanes of at least 4 members (excludes halogenated alkanes) is 3. The van der Waals surface area contributed by atoms with E-state index in [0.717, 1.165) is 31.4 Å². The zero-order valence-electron chi connectivity index (χ0n) is 9.97. The van der Waals surface area contributed by atoms with Crippen molar-refractivity contribution in [1.82, 2.24) is 0 Å². The topological polar surface area (TPSA) is 52.4 Å². The molecule has 0 aromatic heterocycles. The van der Waals surface area contributed by atoms with Gasteiger partial charge in [-0.3, -0.25) is 10.1 Å². The Balaban J connectivity index is 2.40. The fourth-order valence-corrected chi connectivity index (χ4v) is 2.18. The lowest BCUT2D eigenvalue weighted by Gasteiger charge is -2.06. The molecule has 0 saturated heterocycles. The number of rotatable bonds is 8. The molecule has 0 N–H and O–H groups in total. The average Bonchev–Trinajstić information content (AvgIpc) is 2.33. The van der Waals surface area contributed by atoms with Crippen LogP contribution >= 0.6 is 28.6 Å². The van der Waals surface area contributed by atoms with Gasteiger partial charge in [0.2, 0.25) is 0 Å². The van der Waals surface area contributed by atoms with Crippen LogP contribution in [0.2, 0.25) is 0 Å². The van der Waals surface area contributed by atoms with Gasteiger partial charge in [-0.15, -0.1) is 0 Å². The van der Waals surface area contributed by atoms with Crippen LogP contribution < -0.4 is 4.74 Å². The third-order valence-corrected chi connectivity index (χ3v) is 3.16. The Hall–Kier alpha value is -0.750. The van der Waals surface area contributed by atoms with E-state index < -0.39 is 4.92 Å². The number of nitro groups is 1. The van der Waals surface area contributed by atoms with E-state index in [1.807, 2.05) is 0 Å². The molecule has 0 unspecified atom stereocenters. The van der Waals surface area contributed by atoms with Crippen molar-refractivity contribution >= 4 is 34.2 Å². The molecule has 0 radical (unpaired) electrons. The smallest absolute Gasteiger partial charge is 0.274 e. The average molecular weight is 334 g/mol. The predicted octanol–water partition coefficient (Wildman–Crippen LogP) is 4.23. The number of thiol groups is 1. The zero-order chi connectivity index (χ0) is 13.4. The largest absolute Gasteiger partial charge is 0.493 e. The number of hydrogen-bond donors (Lipinski definition) is 1. The molecule has 4 nitrogen and oxygen atoms in total. The number of nitro benzene ring substituents is 1. The van der Waals surface area contributed by atoms with Gasteiger partial charge in [0.25, 0.3) is 5.69 Å². The van der Waals surface area contributed by atoms with Gasteiger partial charge >= 0.3 is 0 Å². The summed E-state index contributed by atoms with van der Waals surface area (Å²) in [6.07, 6.45) is 4.31. The van der Waals surface area contributed by atoms with Gasteiger partial charge in [-0.05, 0) is 24.7 Å². The maximum absolute atomic E-state index is 10.7. The molecule has 0 heterocycles. The number of halogens is 1. The molecule has 0 aliphatic rings. The summed E-state index contributed by atoms with van der Waals surface area (Å²) in [7, 11) is 0. The van der Waals surface area contributed by atoms with Crippen molar-refractivity contribution in [3.8, 4) is 5.75 Å². The summed E-state index contributed by atoms with van der Waals surface area (Å²) in [6, 6.07) is 4.64. The molecular formula is C12H16BrNO3S. The molecular weight excluding hydrogens is 318 g/mol. The van der Waals surface area contributed by atoms with Gasteiger partial charge < -0.3 is 4.74 Å². The second-order valence-electron chi connectivity index (χ2n) is 3.89. The minimum Gasteiger partial charge on any atom is -0.493 e. The van der Waals surface area contributed by atoms with Crippen LogP contribution in [-0.4, -0.2) is 17.3 Å². The quantitative estimate of drug-likeness (QED) is 0.335. The Morgan fingerprint density at radius 1 is 1.22 bits per heavy atom. The zero-order valence-corrected chi connectivity index (χ0v) is 12.5. The molecule has 6 heteroatoms. The highest BCUT2D eigenvalue weighted by Gasteiger charge is 2.09. The summed E-state index contributed by atoms with van der Waals surface area (Å²) in [4.78, 5) is 10.2. The van der Waals surface area contributed by atoms with E-state index in [2.05, 4.69) is 28.6 Å². The number of benzene rings is 1. The molecule has 18 heavy (non-hydrogen) atoms. The highest BCUT2D eigenvalue weighted by molar-refractivity contribution is 9.10. The Morgan fingerprint density at radius 3 is 2.61 bits per heavy atom. The minimum atomic E-state index is -0.426. The molecule has 1 rings (SSSR count). The summed E-state index contributed by atoms with van der Waals surface area (Å²) < 4.78 is 6.16. The van der Waals surface area contributed by atoms with E-state index in [1.165, 1.54) is 12.1 Å². The first kappa shape index (κ1) is 15.3. The fraction of sp³-hybridized carbons (Fsp3) is 0.500. The van der Waals surface area contributed by atoms with Gasteiger partial charge in [0.15, 0.2) is 0 Å². The molecule has 0 amide bonds. The highest BCUT2D eigenvalue weighted by Crippen LogP contribution is 2.26. The lowest BCUT2D eigenvalue weighted by atomic mass is 10.2. The summed E-state index contributed by atoms with van der Waals surface area (Å²) in [6.45, 7) is 0.584. The first-order valence-corrected chi connectivity index (χ1v) is 7.24. The van der Waals surface area contributed by atoms with Gasteiger partial charge in [0, 0.05) is 10.5 Å². The van der Waals surface area contributed by atoms with Gasteiger partial charge in [0.1, 0.15) is 5.75 Å². The Bertz CT molecular complexity index is 401. The van der Waals surface area contributed by atoms with Crippen molar-refractivity contribution in [2.45, 2.75) is 25.7 Å². The third-order valence-electron chi connectivity index (χ3n) is 2.39. The number of non-ortho nitro benzene ring substituents is 1. The highest BCUT2D eigenvalue weighted by atomic mass is 79.9. The van der Waals surface area contributed by atoms with Gasteiger partial charge in [-0.25, -0.2) is 0 Å². The van der Waals surface area contributed by atoms with E-state index in [-0.39, 0.29) is 5.69 Å². The maximum Gasteiger partial charge on any atom is 0.274 e. The van der Waals surface area contributed by atoms with Gasteiger partial charge in [-0.1, -0.05) is 28.8 Å². The molecule has 0 spiro atoms. The molecule has 1 aromatic carbocycles. The molecule has 1 aromatic rings. The van der Waals surface area contributed by atoms with Crippen LogP contribution in [0.1, 0.15) is 25.7 Å². The molecule has 0 aliphatic heterocycles. The molecule has 0 fully saturated rings. The Labute approximate surface area is 120 Å². The first-order chi connectivity index (χ1) is 8.63. The van der Waals surface area contributed by atoms with Crippen LogP contribution in [0.5, 0.6) is 5.75 Å². The second-order valence-corrected chi connectivity index (χ2v) is 5.25. The second kappa shape index (κ2) is 8.37. The van der Waals surface area contributed by atoms with Crippen molar-refractivity contribution in [2.75, 3.05) is 12.4 Å². The van der Waals surface area contributed by atoms with Crippen molar-refractivity contribution in [1.29, 1.82) is 0 Å². The number of nitrogens with zero attached hydrogens (tertiary/aromatic N) is 1. The molecule has 100 valence electrons. The van der Waals surface area contributed by atoms with Crippen molar-refractivity contribution < 1.29 is 9.66 Å². The molecule has 0 bridgehead atoms. The van der Waals surface area contributed by atoms with E-state index >= 15 is 0 Å². The van der Waals surface area contributed by atoms with E-state index in [0.29, 0.717) is 16.8 Å². The van der Waals surface area contributed by atoms with Crippen LogP contribution in [0.3, 0.4) is 0 Å². The van der Waals surface area contributed by atoms with Crippen molar-refractivity contribution in [2.24, 2.45) is 0 Å². The Kier molecular flexibility index (Phi) is 7.12. The van der Waals surface area contributed by atoms with Gasteiger partial charge in [0.05, 0.1) is 17.6 Å². The van der Waals surface area contributed by atoms with Crippen molar-refractivity contribution in [3.05, 3.63) is 32.8 Å². The third kappa shape index (κ3) is 5.73. The number of hydrogen-bond acceptors (Lipinski definition) is 4. The van der Waals surface area contributed by atoms with Crippen LogP contribution in [0.25, 0.3) is 0 Å². The number of ether oxygens (including phenoxy) is 1. The maximum atomic E-state index is 10.7. The summed E-state index contributed by atoms with van der Waals surface area (Å²) in [5.74, 6) is 1.45. The van der Waals surface area contributed by atoms with Gasteiger partial charge in [-0.2, -0.15) is 12.6 Å². The van der Waals surface area contributed by atoms with Crippen molar-refractivity contribution in [3.63, 3.8) is 0 Å². The molecule has 0 atom stereocenters. The Morgan fingerprint density at radius 2 is 1.94 bits per heavy atom. The SMILES string of the molecule is O=[N+]([O-])c1cc(Br)cc(OCCCCCCS)c1. The standard InChI is InChI=1S/C12H16BrNO3S/c13-10-7-11(14(15)16)9-12(8-10)17-5-3-1-2-4-6-18/h7-9,18H,1-6H2. The lowest BCUT2D eigenvalue weighted by Crippen LogP contribution is -1.98. The summed E-state index contributed by atoms with van der Waals surface area (Å²) in [5.41, 5.74) is 0.0365. The van der Waals surface area contributed by atoms with E-state index in [9.17, 15) is 10.1 Å². The van der Waals surface area contributed by atoms with Crippen LogP contribution in [0.15, 0.2) is 22.7 Å². The van der Waals surface area contributed by atoms with Crippen LogP contribution in [0.4, 0.5) is 5.69 Å². The van der Waals surface area contributed by atoms with E-state index in [4.69, 9.17) is 4.74 Å². The fourth-order valence-electron chi connectivity index (χ4n) is 1.49. The lowest BCUT2D eigenvalue weighted by molar-refractivity contribution is -0.385.